The molecule has 8 heteroatoms. The first-order valence-electron chi connectivity index (χ1n) is 7.52. The molecule has 0 aliphatic rings. The SMILES string of the molecule is Cc1cccc(NCC(=O)NNC(=O)c2ccc([N+](=O)[O-])cc2)c1C. The van der Waals surface area contributed by atoms with E-state index in [0.717, 1.165) is 16.8 Å². The van der Waals surface area contributed by atoms with Crippen LogP contribution < -0.4 is 16.2 Å². The van der Waals surface area contributed by atoms with E-state index in [2.05, 4.69) is 16.2 Å². The Labute approximate surface area is 144 Å². The third-order valence-electron chi connectivity index (χ3n) is 3.70. The van der Waals surface area contributed by atoms with Crippen LogP contribution >= 0.6 is 0 Å². The molecular weight excluding hydrogens is 324 g/mol. The number of carbonyl (C=O) groups is 2. The second-order valence-corrected chi connectivity index (χ2v) is 5.41. The van der Waals surface area contributed by atoms with Gasteiger partial charge in [0.15, 0.2) is 0 Å². The van der Waals surface area contributed by atoms with E-state index in [4.69, 9.17) is 0 Å². The molecule has 0 saturated heterocycles. The number of nitro benzene ring substituents is 1. The lowest BCUT2D eigenvalue weighted by molar-refractivity contribution is -0.384. The van der Waals surface area contributed by atoms with Crippen molar-refractivity contribution < 1.29 is 14.5 Å². The Kier molecular flexibility index (Phi) is 5.67. The average Bonchev–Trinajstić information content (AvgIpc) is 2.61. The van der Waals surface area contributed by atoms with Gasteiger partial charge in [-0.05, 0) is 43.2 Å². The van der Waals surface area contributed by atoms with E-state index in [1.807, 2.05) is 32.0 Å². The molecule has 8 nitrogen and oxygen atoms in total. The van der Waals surface area contributed by atoms with Crippen LogP contribution in [0.15, 0.2) is 42.5 Å². The summed E-state index contributed by atoms with van der Waals surface area (Å²) in [7, 11) is 0. The molecule has 0 radical (unpaired) electrons. The molecule has 3 N–H and O–H groups in total. The number of aryl methyl sites for hydroxylation is 1. The third kappa shape index (κ3) is 4.77. The minimum Gasteiger partial charge on any atom is -0.376 e. The zero-order valence-electron chi connectivity index (χ0n) is 13.8. The summed E-state index contributed by atoms with van der Waals surface area (Å²) in [4.78, 5) is 33.7. The van der Waals surface area contributed by atoms with Crippen molar-refractivity contribution >= 4 is 23.2 Å². The molecule has 2 aromatic carbocycles. The fraction of sp³-hybridized carbons (Fsp3) is 0.176. The van der Waals surface area contributed by atoms with Gasteiger partial charge in [-0.3, -0.25) is 30.6 Å². The summed E-state index contributed by atoms with van der Waals surface area (Å²) < 4.78 is 0. The van der Waals surface area contributed by atoms with Crippen molar-refractivity contribution in [3.63, 3.8) is 0 Å². The molecule has 130 valence electrons. The van der Waals surface area contributed by atoms with Gasteiger partial charge in [-0.2, -0.15) is 0 Å². The van der Waals surface area contributed by atoms with E-state index in [0.29, 0.717) is 0 Å². The molecule has 2 rings (SSSR count). The van der Waals surface area contributed by atoms with Gasteiger partial charge in [-0.15, -0.1) is 0 Å². The van der Waals surface area contributed by atoms with Crippen LogP contribution in [0.1, 0.15) is 21.5 Å². The van der Waals surface area contributed by atoms with Gasteiger partial charge >= 0.3 is 0 Å². The summed E-state index contributed by atoms with van der Waals surface area (Å²) >= 11 is 0. The van der Waals surface area contributed by atoms with Gasteiger partial charge in [0.1, 0.15) is 0 Å². The number of hydrazine groups is 1. The standard InChI is InChI=1S/C17H18N4O4/c1-11-4-3-5-15(12(11)2)18-10-16(22)19-20-17(23)13-6-8-14(9-7-13)21(24)25/h3-9,18H,10H2,1-2H3,(H,19,22)(H,20,23). The number of anilines is 1. The van der Waals surface area contributed by atoms with E-state index in [1.54, 1.807) is 0 Å². The van der Waals surface area contributed by atoms with Crippen LogP contribution in [0, 0.1) is 24.0 Å². The molecule has 0 aromatic heterocycles. The minimum atomic E-state index is -0.560. The van der Waals surface area contributed by atoms with Crippen LogP contribution in [-0.4, -0.2) is 23.3 Å². The van der Waals surface area contributed by atoms with Crippen molar-refractivity contribution in [2.24, 2.45) is 0 Å². The lowest BCUT2D eigenvalue weighted by Crippen LogP contribution is -2.44. The van der Waals surface area contributed by atoms with E-state index < -0.39 is 16.7 Å². The fourth-order valence-corrected chi connectivity index (χ4v) is 2.10. The van der Waals surface area contributed by atoms with Crippen molar-refractivity contribution in [2.75, 3.05) is 11.9 Å². The molecular formula is C17H18N4O4. The summed E-state index contributed by atoms with van der Waals surface area (Å²) in [5.41, 5.74) is 7.64. The topological polar surface area (TPSA) is 113 Å². The Bertz CT molecular complexity index is 803. The normalized spacial score (nSPS) is 10.0. The number of nitro groups is 1. The lowest BCUT2D eigenvalue weighted by atomic mass is 10.1. The molecule has 0 aliphatic heterocycles. The van der Waals surface area contributed by atoms with Crippen molar-refractivity contribution in [3.05, 3.63) is 69.3 Å². The van der Waals surface area contributed by atoms with E-state index in [9.17, 15) is 19.7 Å². The molecule has 0 unspecified atom stereocenters. The van der Waals surface area contributed by atoms with Crippen molar-refractivity contribution in [1.82, 2.24) is 10.9 Å². The highest BCUT2D eigenvalue weighted by atomic mass is 16.6. The summed E-state index contributed by atoms with van der Waals surface area (Å²) in [6.45, 7) is 3.92. The van der Waals surface area contributed by atoms with Gasteiger partial charge in [0.05, 0.1) is 11.5 Å². The molecule has 25 heavy (non-hydrogen) atoms. The van der Waals surface area contributed by atoms with Crippen LogP contribution in [0.4, 0.5) is 11.4 Å². The molecule has 0 atom stereocenters. The van der Waals surface area contributed by atoms with E-state index in [1.165, 1.54) is 24.3 Å². The van der Waals surface area contributed by atoms with Gasteiger partial charge in [0.2, 0.25) is 0 Å². The lowest BCUT2D eigenvalue weighted by Gasteiger charge is -2.12. The number of benzene rings is 2. The number of hydrogen-bond donors (Lipinski definition) is 3. The molecule has 0 aliphatic carbocycles. The quantitative estimate of drug-likeness (QED) is 0.569. The maximum Gasteiger partial charge on any atom is 0.269 e. The Balaban J connectivity index is 1.84. The van der Waals surface area contributed by atoms with Crippen molar-refractivity contribution in [2.45, 2.75) is 13.8 Å². The van der Waals surface area contributed by atoms with Crippen LogP contribution in [0.25, 0.3) is 0 Å². The summed E-state index contributed by atoms with van der Waals surface area (Å²) in [6.07, 6.45) is 0. The van der Waals surface area contributed by atoms with Gasteiger partial charge in [-0.25, -0.2) is 0 Å². The fourth-order valence-electron chi connectivity index (χ4n) is 2.10. The predicted octanol–water partition coefficient (Wildman–Crippen LogP) is 2.08. The zero-order chi connectivity index (χ0) is 18.4. The second-order valence-electron chi connectivity index (χ2n) is 5.41. The largest absolute Gasteiger partial charge is 0.376 e. The van der Waals surface area contributed by atoms with Gasteiger partial charge in [0.25, 0.3) is 17.5 Å². The average molecular weight is 342 g/mol. The minimum absolute atomic E-state index is 0.00909. The van der Waals surface area contributed by atoms with Gasteiger partial charge in [0, 0.05) is 23.4 Å². The van der Waals surface area contributed by atoms with Gasteiger partial charge < -0.3 is 5.32 Å². The van der Waals surface area contributed by atoms with Crippen LogP contribution in [-0.2, 0) is 4.79 Å². The van der Waals surface area contributed by atoms with E-state index >= 15 is 0 Å². The van der Waals surface area contributed by atoms with Crippen molar-refractivity contribution in [3.8, 4) is 0 Å². The van der Waals surface area contributed by atoms with Crippen molar-refractivity contribution in [1.29, 1.82) is 0 Å². The Morgan fingerprint density at radius 3 is 2.36 bits per heavy atom. The van der Waals surface area contributed by atoms with E-state index in [-0.39, 0.29) is 17.8 Å². The van der Waals surface area contributed by atoms with Crippen LogP contribution in [0.5, 0.6) is 0 Å². The highest BCUT2D eigenvalue weighted by molar-refractivity contribution is 5.95. The van der Waals surface area contributed by atoms with Gasteiger partial charge in [-0.1, -0.05) is 12.1 Å². The second kappa shape index (κ2) is 7.91. The zero-order valence-corrected chi connectivity index (χ0v) is 13.8. The Morgan fingerprint density at radius 2 is 1.72 bits per heavy atom. The van der Waals surface area contributed by atoms with Crippen LogP contribution in [0.3, 0.4) is 0 Å². The third-order valence-corrected chi connectivity index (χ3v) is 3.70. The Morgan fingerprint density at radius 1 is 1.04 bits per heavy atom. The number of amides is 2. The number of non-ortho nitro benzene ring substituents is 1. The number of rotatable bonds is 5. The number of carbonyl (C=O) groups excluding carboxylic acids is 2. The highest BCUT2D eigenvalue weighted by Gasteiger charge is 2.10. The number of nitrogens with one attached hydrogen (secondary N) is 3. The monoisotopic (exact) mass is 342 g/mol. The highest BCUT2D eigenvalue weighted by Crippen LogP contribution is 2.17. The summed E-state index contributed by atoms with van der Waals surface area (Å²) in [5.74, 6) is -0.980. The Hall–Kier alpha value is -3.42. The molecule has 0 heterocycles. The smallest absolute Gasteiger partial charge is 0.269 e. The molecule has 0 saturated carbocycles. The molecule has 2 aromatic rings. The number of hydrogen-bond acceptors (Lipinski definition) is 5. The first-order valence-corrected chi connectivity index (χ1v) is 7.52. The maximum atomic E-state index is 11.9. The summed E-state index contributed by atoms with van der Waals surface area (Å²) in [5, 5.41) is 13.6. The first kappa shape index (κ1) is 17.9. The molecule has 0 bridgehead atoms. The molecule has 0 spiro atoms. The molecule has 2 amide bonds. The summed E-state index contributed by atoms with van der Waals surface area (Å²) in [6, 6.07) is 10.8. The first-order chi connectivity index (χ1) is 11.9. The predicted molar refractivity (Wildman–Crippen MR) is 93.1 cm³/mol. The van der Waals surface area contributed by atoms with Crippen LogP contribution in [0.2, 0.25) is 0 Å². The molecule has 0 fully saturated rings. The number of nitrogens with zero attached hydrogens (tertiary/aromatic N) is 1. The maximum absolute atomic E-state index is 11.9.